The lowest BCUT2D eigenvalue weighted by Gasteiger charge is -2.40. The van der Waals surface area contributed by atoms with E-state index in [4.69, 9.17) is 0 Å². The normalized spacial score (nSPS) is 15.2. The zero-order valence-corrected chi connectivity index (χ0v) is 14.3. The van der Waals surface area contributed by atoms with Crippen molar-refractivity contribution in [2.24, 2.45) is 0 Å². The van der Waals surface area contributed by atoms with Crippen LogP contribution in [0.5, 0.6) is 0 Å². The van der Waals surface area contributed by atoms with Gasteiger partial charge in [0.25, 0.3) is 0 Å². The van der Waals surface area contributed by atoms with Crippen LogP contribution in [0.15, 0.2) is 12.2 Å². The van der Waals surface area contributed by atoms with Gasteiger partial charge >= 0.3 is 0 Å². The van der Waals surface area contributed by atoms with Crippen molar-refractivity contribution in [3.63, 3.8) is 0 Å². The fourth-order valence-electron chi connectivity index (χ4n) is 2.54. The van der Waals surface area contributed by atoms with Crippen molar-refractivity contribution in [3.05, 3.63) is 12.2 Å². The van der Waals surface area contributed by atoms with Gasteiger partial charge in [0.1, 0.15) is 0 Å². The van der Waals surface area contributed by atoms with Crippen molar-refractivity contribution in [3.8, 4) is 0 Å². The van der Waals surface area contributed by atoms with Crippen molar-refractivity contribution in [2.45, 2.75) is 77.4 Å². The zero-order chi connectivity index (χ0) is 13.9. The summed E-state index contributed by atoms with van der Waals surface area (Å²) < 4.78 is 0. The predicted molar refractivity (Wildman–Crippen MR) is 91.2 cm³/mol. The molecule has 110 valence electrons. The van der Waals surface area contributed by atoms with Gasteiger partial charge in [0.05, 0.1) is 0 Å². The second kappa shape index (κ2) is 11.0. The topological polar surface area (TPSA) is 0 Å². The molecule has 0 nitrogen and oxygen atoms in total. The molecular formula is C17H36S. The Morgan fingerprint density at radius 2 is 1.56 bits per heavy atom. The second-order valence-electron chi connectivity index (χ2n) is 5.95. The van der Waals surface area contributed by atoms with Gasteiger partial charge in [-0.1, -0.05) is 58.1 Å². The molecule has 0 saturated heterocycles. The first-order valence-electron chi connectivity index (χ1n) is 7.89. The Balaban J connectivity index is 4.28. The quantitative estimate of drug-likeness (QED) is 0.312. The van der Waals surface area contributed by atoms with Crippen LogP contribution >= 0.6 is 10.0 Å². The molecule has 0 rings (SSSR count). The van der Waals surface area contributed by atoms with Gasteiger partial charge in [-0.3, -0.25) is 0 Å². The molecule has 0 aliphatic carbocycles. The highest BCUT2D eigenvalue weighted by Gasteiger charge is 2.22. The first-order chi connectivity index (χ1) is 8.58. The van der Waals surface area contributed by atoms with Crippen molar-refractivity contribution >= 4 is 10.0 Å². The third kappa shape index (κ3) is 8.24. The fourth-order valence-corrected chi connectivity index (χ4v) is 5.23. The van der Waals surface area contributed by atoms with E-state index in [1.807, 2.05) is 0 Å². The first-order valence-corrected chi connectivity index (χ1v) is 10.6. The SMILES string of the molecule is CC=CCCS(C)(C)C(CCCC)CCCCC. The molecule has 0 bridgehead atoms. The Bertz CT molecular complexity index is 206. The van der Waals surface area contributed by atoms with Crippen LogP contribution in [0, 0.1) is 0 Å². The molecule has 0 radical (unpaired) electrons. The van der Waals surface area contributed by atoms with E-state index in [-0.39, 0.29) is 0 Å². The molecule has 0 spiro atoms. The minimum atomic E-state index is -0.399. The predicted octanol–water partition coefficient (Wildman–Crippen LogP) is 6.16. The Morgan fingerprint density at radius 3 is 2.11 bits per heavy atom. The molecule has 18 heavy (non-hydrogen) atoms. The molecule has 0 heterocycles. The largest absolute Gasteiger partial charge is 0.244 e. The fraction of sp³-hybridized carbons (Fsp3) is 0.882. The molecular weight excluding hydrogens is 236 g/mol. The summed E-state index contributed by atoms with van der Waals surface area (Å²) in [5, 5.41) is 1.01. The summed E-state index contributed by atoms with van der Waals surface area (Å²) in [5.41, 5.74) is 0. The molecule has 0 amide bonds. The van der Waals surface area contributed by atoms with Gasteiger partial charge in [-0.05, 0) is 49.7 Å². The van der Waals surface area contributed by atoms with Crippen LogP contribution in [0.3, 0.4) is 0 Å². The average Bonchev–Trinajstić information content (AvgIpc) is 2.33. The molecule has 0 saturated carbocycles. The molecule has 0 fully saturated rings. The molecule has 0 N–H and O–H groups in total. The van der Waals surface area contributed by atoms with E-state index in [1.54, 1.807) is 0 Å². The van der Waals surface area contributed by atoms with Gasteiger partial charge in [-0.15, -0.1) is 0 Å². The number of allylic oxidation sites excluding steroid dienone is 2. The number of hydrogen-bond acceptors (Lipinski definition) is 0. The Morgan fingerprint density at radius 1 is 0.944 bits per heavy atom. The van der Waals surface area contributed by atoms with Gasteiger partial charge in [0, 0.05) is 0 Å². The highest BCUT2D eigenvalue weighted by Crippen LogP contribution is 2.50. The monoisotopic (exact) mass is 272 g/mol. The van der Waals surface area contributed by atoms with Gasteiger partial charge in [-0.2, -0.15) is 0 Å². The minimum Gasteiger partial charge on any atom is -0.244 e. The molecule has 1 heteroatoms. The van der Waals surface area contributed by atoms with Crippen molar-refractivity contribution in [2.75, 3.05) is 18.3 Å². The average molecular weight is 273 g/mol. The van der Waals surface area contributed by atoms with Crippen LogP contribution in [-0.4, -0.2) is 23.5 Å². The van der Waals surface area contributed by atoms with E-state index in [1.165, 1.54) is 57.1 Å². The molecule has 1 atom stereocenters. The van der Waals surface area contributed by atoms with E-state index >= 15 is 0 Å². The molecule has 1 unspecified atom stereocenters. The van der Waals surface area contributed by atoms with Crippen LogP contribution in [0.25, 0.3) is 0 Å². The maximum atomic E-state index is 2.57. The summed E-state index contributed by atoms with van der Waals surface area (Å²) in [4.78, 5) is 0. The standard InChI is InChI=1S/C17H36S/c1-6-9-12-15-17(14-11-8-3)18(4,5)16-13-10-7-2/h7,10,17H,6,8-9,11-16H2,1-5H3. The van der Waals surface area contributed by atoms with Crippen molar-refractivity contribution in [1.82, 2.24) is 0 Å². The zero-order valence-electron chi connectivity index (χ0n) is 13.5. The molecule has 0 aliphatic rings. The van der Waals surface area contributed by atoms with Crippen molar-refractivity contribution in [1.29, 1.82) is 0 Å². The Hall–Kier alpha value is 0.0900. The van der Waals surface area contributed by atoms with Gasteiger partial charge in [-0.25, -0.2) is 10.0 Å². The second-order valence-corrected chi connectivity index (χ2v) is 10.3. The van der Waals surface area contributed by atoms with Crippen LogP contribution < -0.4 is 0 Å². The lowest BCUT2D eigenvalue weighted by Crippen LogP contribution is -2.19. The highest BCUT2D eigenvalue weighted by atomic mass is 32.3. The maximum Gasteiger partial charge on any atom is -0.0117 e. The summed E-state index contributed by atoms with van der Waals surface area (Å²) in [6.45, 7) is 6.77. The van der Waals surface area contributed by atoms with Crippen LogP contribution in [0.2, 0.25) is 0 Å². The first kappa shape index (κ1) is 18.1. The van der Waals surface area contributed by atoms with Gasteiger partial charge in [0.15, 0.2) is 0 Å². The molecule has 0 aromatic carbocycles. The lowest BCUT2D eigenvalue weighted by atomic mass is 10.1. The summed E-state index contributed by atoms with van der Waals surface area (Å²) >= 11 is 0. The van der Waals surface area contributed by atoms with Gasteiger partial charge < -0.3 is 0 Å². The Labute approximate surface area is 118 Å². The molecule has 0 aliphatic heterocycles. The van der Waals surface area contributed by atoms with E-state index in [0.29, 0.717) is 0 Å². The number of hydrogen-bond donors (Lipinski definition) is 0. The maximum absolute atomic E-state index is 2.57. The molecule has 0 aromatic rings. The number of rotatable bonds is 11. The highest BCUT2D eigenvalue weighted by molar-refractivity contribution is 8.33. The third-order valence-electron chi connectivity index (χ3n) is 3.96. The Kier molecular flexibility index (Phi) is 11.0. The summed E-state index contributed by atoms with van der Waals surface area (Å²) in [6, 6.07) is 0. The lowest BCUT2D eigenvalue weighted by molar-refractivity contribution is 0.593. The van der Waals surface area contributed by atoms with E-state index in [0.717, 1.165) is 5.25 Å². The van der Waals surface area contributed by atoms with Gasteiger partial charge in [0.2, 0.25) is 0 Å². The van der Waals surface area contributed by atoms with Crippen LogP contribution in [-0.2, 0) is 0 Å². The number of unbranched alkanes of at least 4 members (excludes halogenated alkanes) is 3. The van der Waals surface area contributed by atoms with E-state index in [2.05, 4.69) is 45.4 Å². The van der Waals surface area contributed by atoms with E-state index in [9.17, 15) is 0 Å². The summed E-state index contributed by atoms with van der Waals surface area (Å²) in [6.07, 6.45) is 20.9. The molecule has 0 aromatic heterocycles. The van der Waals surface area contributed by atoms with E-state index < -0.39 is 10.0 Å². The van der Waals surface area contributed by atoms with Crippen LogP contribution in [0.1, 0.15) is 72.1 Å². The van der Waals surface area contributed by atoms with Crippen LogP contribution in [0.4, 0.5) is 0 Å². The minimum absolute atomic E-state index is 0.399. The van der Waals surface area contributed by atoms with Crippen molar-refractivity contribution < 1.29 is 0 Å². The third-order valence-corrected chi connectivity index (χ3v) is 7.52. The summed E-state index contributed by atoms with van der Waals surface area (Å²) in [7, 11) is -0.399. The smallest absolute Gasteiger partial charge is 0.0117 e. The summed E-state index contributed by atoms with van der Waals surface area (Å²) in [5.74, 6) is 1.43.